The minimum Gasteiger partial charge on any atom is -0.301 e. The van der Waals surface area contributed by atoms with E-state index in [1.54, 1.807) is 6.20 Å². The van der Waals surface area contributed by atoms with E-state index in [0.717, 1.165) is 57.6 Å². The van der Waals surface area contributed by atoms with E-state index in [4.69, 9.17) is 21.6 Å². The summed E-state index contributed by atoms with van der Waals surface area (Å²) < 4.78 is 2.17. The maximum Gasteiger partial charge on any atom is 0.155 e. The first-order valence-corrected chi connectivity index (χ1v) is 14.5. The second-order valence-electron chi connectivity index (χ2n) is 10.9. The molecule has 2 fully saturated rings. The third-order valence-electron chi connectivity index (χ3n) is 8.51. The topological polar surface area (TPSA) is 49.6 Å². The normalized spacial score (nSPS) is 20.5. The third kappa shape index (κ3) is 4.61. The number of imidazole rings is 1. The standard InChI is InChI=1S/C32H33ClN6/c1-2-13-37-15-17-38(18-16-37)26-19-25(20-26)32-36-29(30-31(33)34-12-14-39(30)32)24-9-8-23-10-11-27(35-28(23)21-24)22-6-4-3-5-7-22/h3-12,14,21,25-26H,2,13,15-20H2,1H3. The van der Waals surface area contributed by atoms with Gasteiger partial charge in [0, 0.05) is 67.0 Å². The molecule has 2 aromatic carbocycles. The van der Waals surface area contributed by atoms with Gasteiger partial charge >= 0.3 is 0 Å². The average molecular weight is 537 g/mol. The molecular formula is C32H33ClN6. The van der Waals surface area contributed by atoms with Gasteiger partial charge in [-0.15, -0.1) is 0 Å². The van der Waals surface area contributed by atoms with Gasteiger partial charge in [0.2, 0.25) is 0 Å². The van der Waals surface area contributed by atoms with E-state index in [1.807, 2.05) is 24.4 Å². The molecule has 7 rings (SSSR count). The second-order valence-corrected chi connectivity index (χ2v) is 11.3. The molecular weight excluding hydrogens is 504 g/mol. The van der Waals surface area contributed by atoms with Gasteiger partial charge in [-0.05, 0) is 37.9 Å². The van der Waals surface area contributed by atoms with Crippen LogP contribution in [0.4, 0.5) is 0 Å². The Kier molecular flexibility index (Phi) is 6.55. The fourth-order valence-corrected chi connectivity index (χ4v) is 6.55. The van der Waals surface area contributed by atoms with Crippen LogP contribution in [0.25, 0.3) is 38.9 Å². The van der Waals surface area contributed by atoms with Crippen LogP contribution in [0.3, 0.4) is 0 Å². The summed E-state index contributed by atoms with van der Waals surface area (Å²) in [7, 11) is 0. The Morgan fingerprint density at radius 2 is 1.69 bits per heavy atom. The lowest BCUT2D eigenvalue weighted by Gasteiger charge is -2.46. The van der Waals surface area contributed by atoms with Crippen LogP contribution >= 0.6 is 11.6 Å². The summed E-state index contributed by atoms with van der Waals surface area (Å²) in [4.78, 5) is 19.9. The van der Waals surface area contributed by atoms with E-state index < -0.39 is 0 Å². The Morgan fingerprint density at radius 1 is 0.897 bits per heavy atom. The number of nitrogens with zero attached hydrogens (tertiary/aromatic N) is 6. The molecule has 0 N–H and O–H groups in total. The SMILES string of the molecule is CCCN1CCN(C2CC(c3nc(-c4ccc5ccc(-c6ccccc6)nc5c4)c4c(Cl)nccn34)C2)CC1. The zero-order valence-corrected chi connectivity index (χ0v) is 23.1. The second kappa shape index (κ2) is 10.3. The van der Waals surface area contributed by atoms with E-state index in [1.165, 1.54) is 39.1 Å². The quantitative estimate of drug-likeness (QED) is 0.247. The molecule has 198 valence electrons. The van der Waals surface area contributed by atoms with Crippen LogP contribution in [0.2, 0.25) is 5.15 Å². The van der Waals surface area contributed by atoms with Crippen LogP contribution < -0.4 is 0 Å². The van der Waals surface area contributed by atoms with Gasteiger partial charge in [-0.1, -0.05) is 67.1 Å². The van der Waals surface area contributed by atoms with Crippen LogP contribution in [0, 0.1) is 0 Å². The first-order valence-electron chi connectivity index (χ1n) is 14.1. The Labute approximate surface area is 234 Å². The number of pyridine rings is 1. The summed E-state index contributed by atoms with van der Waals surface area (Å²) >= 11 is 6.70. The van der Waals surface area contributed by atoms with Crippen molar-refractivity contribution in [3.05, 3.63) is 84.0 Å². The van der Waals surface area contributed by atoms with E-state index in [9.17, 15) is 0 Å². The predicted octanol–water partition coefficient (Wildman–Crippen LogP) is 6.54. The van der Waals surface area contributed by atoms with Crippen molar-refractivity contribution in [2.24, 2.45) is 0 Å². The van der Waals surface area contributed by atoms with Gasteiger partial charge < -0.3 is 4.90 Å². The van der Waals surface area contributed by atoms with Crippen molar-refractivity contribution in [3.8, 4) is 22.5 Å². The average Bonchev–Trinajstić information content (AvgIpc) is 3.34. The lowest BCUT2D eigenvalue weighted by Crippen LogP contribution is -2.53. The van der Waals surface area contributed by atoms with Crippen molar-refractivity contribution >= 4 is 28.0 Å². The first-order chi connectivity index (χ1) is 19.2. The number of benzene rings is 2. The summed E-state index contributed by atoms with van der Waals surface area (Å²) in [6.07, 6.45) is 7.32. The molecule has 39 heavy (non-hydrogen) atoms. The molecule has 4 heterocycles. The Bertz CT molecular complexity index is 1620. The molecule has 1 aliphatic carbocycles. The lowest BCUT2D eigenvalue weighted by molar-refractivity contribution is 0.0499. The molecule has 0 radical (unpaired) electrons. The number of rotatable bonds is 6. The number of halogens is 1. The van der Waals surface area contributed by atoms with E-state index in [-0.39, 0.29) is 0 Å². The molecule has 0 atom stereocenters. The number of aromatic nitrogens is 4. The van der Waals surface area contributed by atoms with Gasteiger partial charge in [0.1, 0.15) is 11.3 Å². The summed E-state index contributed by atoms with van der Waals surface area (Å²) in [5.41, 5.74) is 5.80. The minimum absolute atomic E-state index is 0.423. The fraction of sp³-hybridized carbons (Fsp3) is 0.344. The predicted molar refractivity (Wildman–Crippen MR) is 158 cm³/mol. The molecule has 5 aromatic rings. The highest BCUT2D eigenvalue weighted by atomic mass is 35.5. The van der Waals surface area contributed by atoms with Crippen LogP contribution in [0.15, 0.2) is 73.1 Å². The van der Waals surface area contributed by atoms with Crippen molar-refractivity contribution < 1.29 is 0 Å². The van der Waals surface area contributed by atoms with Crippen molar-refractivity contribution in [2.45, 2.75) is 38.1 Å². The summed E-state index contributed by atoms with van der Waals surface area (Å²) in [6.45, 7) is 8.22. The van der Waals surface area contributed by atoms with Gasteiger partial charge in [-0.3, -0.25) is 9.30 Å². The Morgan fingerprint density at radius 3 is 2.49 bits per heavy atom. The van der Waals surface area contributed by atoms with Gasteiger partial charge in [-0.2, -0.15) is 0 Å². The molecule has 3 aromatic heterocycles. The minimum atomic E-state index is 0.423. The van der Waals surface area contributed by atoms with Crippen molar-refractivity contribution in [2.75, 3.05) is 32.7 Å². The zero-order chi connectivity index (χ0) is 26.3. The van der Waals surface area contributed by atoms with Crippen molar-refractivity contribution in [3.63, 3.8) is 0 Å². The van der Waals surface area contributed by atoms with Crippen LogP contribution in [0.1, 0.15) is 37.9 Å². The molecule has 0 amide bonds. The van der Waals surface area contributed by atoms with Crippen LogP contribution in [-0.4, -0.2) is 67.9 Å². The molecule has 2 aliphatic rings. The Balaban J connectivity index is 1.19. The number of hydrogen-bond donors (Lipinski definition) is 0. The molecule has 1 aliphatic heterocycles. The van der Waals surface area contributed by atoms with Gasteiger partial charge in [0.05, 0.1) is 16.9 Å². The van der Waals surface area contributed by atoms with E-state index in [0.29, 0.717) is 17.1 Å². The molecule has 1 saturated heterocycles. The Hall–Kier alpha value is -3.32. The maximum absolute atomic E-state index is 6.70. The molecule has 0 unspecified atom stereocenters. The fourth-order valence-electron chi connectivity index (χ4n) is 6.31. The molecule has 1 saturated carbocycles. The summed E-state index contributed by atoms with van der Waals surface area (Å²) in [5, 5.41) is 1.59. The van der Waals surface area contributed by atoms with Crippen LogP contribution in [0.5, 0.6) is 0 Å². The summed E-state index contributed by atoms with van der Waals surface area (Å²) in [5.74, 6) is 1.52. The molecule has 7 heteroatoms. The van der Waals surface area contributed by atoms with E-state index in [2.05, 4.69) is 68.6 Å². The van der Waals surface area contributed by atoms with E-state index >= 15 is 0 Å². The molecule has 0 bridgehead atoms. The molecule has 0 spiro atoms. The van der Waals surface area contributed by atoms with Crippen molar-refractivity contribution in [1.82, 2.24) is 29.2 Å². The van der Waals surface area contributed by atoms with Crippen molar-refractivity contribution in [1.29, 1.82) is 0 Å². The smallest absolute Gasteiger partial charge is 0.155 e. The van der Waals surface area contributed by atoms with Gasteiger partial charge in [0.15, 0.2) is 5.15 Å². The van der Waals surface area contributed by atoms with Gasteiger partial charge in [0.25, 0.3) is 0 Å². The summed E-state index contributed by atoms with van der Waals surface area (Å²) in [6, 6.07) is 21.6. The first kappa shape index (κ1) is 24.7. The maximum atomic E-state index is 6.70. The largest absolute Gasteiger partial charge is 0.301 e. The highest BCUT2D eigenvalue weighted by molar-refractivity contribution is 6.33. The number of hydrogen-bond acceptors (Lipinski definition) is 5. The highest BCUT2D eigenvalue weighted by Crippen LogP contribution is 2.42. The monoisotopic (exact) mass is 536 g/mol. The molecule has 6 nitrogen and oxygen atoms in total. The lowest BCUT2D eigenvalue weighted by atomic mass is 9.78. The number of piperazine rings is 1. The van der Waals surface area contributed by atoms with Gasteiger partial charge in [-0.25, -0.2) is 15.0 Å². The van der Waals surface area contributed by atoms with Crippen LogP contribution in [-0.2, 0) is 0 Å². The highest BCUT2D eigenvalue weighted by Gasteiger charge is 2.38. The number of fused-ring (bicyclic) bond motifs is 2. The third-order valence-corrected chi connectivity index (χ3v) is 8.79. The zero-order valence-electron chi connectivity index (χ0n) is 22.3.